The molecule has 1 aliphatic heterocycles. The number of rotatable bonds is 4. The lowest BCUT2D eigenvalue weighted by atomic mass is 10.1. The van der Waals surface area contributed by atoms with Gasteiger partial charge in [0.15, 0.2) is 0 Å². The molecule has 1 fully saturated rings. The second-order valence-electron chi connectivity index (χ2n) is 4.37. The Labute approximate surface area is 99.7 Å². The lowest BCUT2D eigenvalue weighted by Gasteiger charge is -2.14. The molecule has 0 aliphatic carbocycles. The van der Waals surface area contributed by atoms with E-state index in [4.69, 9.17) is 5.53 Å². The first-order valence-corrected chi connectivity index (χ1v) is 5.71. The zero-order valence-electron chi connectivity index (χ0n) is 9.54. The van der Waals surface area contributed by atoms with E-state index in [2.05, 4.69) is 14.9 Å². The quantitative estimate of drug-likeness (QED) is 0.449. The van der Waals surface area contributed by atoms with Crippen LogP contribution in [0.4, 0.5) is 4.39 Å². The summed E-state index contributed by atoms with van der Waals surface area (Å²) in [5.74, 6) is -0.158. The van der Waals surface area contributed by atoms with Gasteiger partial charge in [-0.25, -0.2) is 4.39 Å². The van der Waals surface area contributed by atoms with Gasteiger partial charge < -0.3 is 0 Å². The fourth-order valence-electron chi connectivity index (χ4n) is 2.20. The molecule has 1 aliphatic rings. The SMILES string of the molecule is [N-]=[N+]=NC[C@@H]1CN(Cc2ccccc2)C[C@H]1F. The van der Waals surface area contributed by atoms with Crippen LogP contribution < -0.4 is 0 Å². The molecule has 0 radical (unpaired) electrons. The van der Waals surface area contributed by atoms with Crippen molar-refractivity contribution < 1.29 is 4.39 Å². The van der Waals surface area contributed by atoms with Crippen molar-refractivity contribution in [3.05, 3.63) is 46.3 Å². The number of halogens is 1. The monoisotopic (exact) mass is 234 g/mol. The molecule has 5 heteroatoms. The summed E-state index contributed by atoms with van der Waals surface area (Å²) >= 11 is 0. The van der Waals surface area contributed by atoms with Crippen LogP contribution in [0.25, 0.3) is 10.4 Å². The number of nitrogens with zero attached hydrogens (tertiary/aromatic N) is 4. The highest BCUT2D eigenvalue weighted by atomic mass is 19.1. The molecule has 0 aromatic heterocycles. The third kappa shape index (κ3) is 3.19. The summed E-state index contributed by atoms with van der Waals surface area (Å²) in [5.41, 5.74) is 9.42. The van der Waals surface area contributed by atoms with Gasteiger partial charge in [0.05, 0.1) is 0 Å². The van der Waals surface area contributed by atoms with Crippen LogP contribution in [0, 0.1) is 5.92 Å². The summed E-state index contributed by atoms with van der Waals surface area (Å²) in [7, 11) is 0. The van der Waals surface area contributed by atoms with E-state index in [1.54, 1.807) is 0 Å². The van der Waals surface area contributed by atoms with E-state index >= 15 is 0 Å². The van der Waals surface area contributed by atoms with Gasteiger partial charge in [0.2, 0.25) is 0 Å². The Kier molecular flexibility index (Phi) is 3.96. The lowest BCUT2D eigenvalue weighted by molar-refractivity contribution is 0.271. The summed E-state index contributed by atoms with van der Waals surface area (Å²) in [4.78, 5) is 4.75. The highest BCUT2D eigenvalue weighted by Gasteiger charge is 2.31. The summed E-state index contributed by atoms with van der Waals surface area (Å²) in [5, 5.41) is 3.46. The van der Waals surface area contributed by atoms with Crippen LogP contribution in [-0.2, 0) is 6.54 Å². The van der Waals surface area contributed by atoms with E-state index in [0.717, 1.165) is 6.54 Å². The fourth-order valence-corrected chi connectivity index (χ4v) is 2.20. The van der Waals surface area contributed by atoms with Crippen molar-refractivity contribution in [3.63, 3.8) is 0 Å². The average Bonchev–Trinajstić information content (AvgIpc) is 2.68. The first-order chi connectivity index (χ1) is 8.29. The Bertz CT molecular complexity index is 402. The standard InChI is InChI=1S/C12H15FN4/c13-12-9-17(8-11(12)6-15-16-14)7-10-4-2-1-3-5-10/h1-5,11-12H,6-9H2/t11-,12-/m1/s1. The third-order valence-corrected chi connectivity index (χ3v) is 3.07. The predicted octanol–water partition coefficient (Wildman–Crippen LogP) is 2.77. The molecule has 0 bridgehead atoms. The van der Waals surface area contributed by atoms with Crippen LogP contribution in [-0.4, -0.2) is 30.7 Å². The van der Waals surface area contributed by atoms with Gasteiger partial charge in [-0.05, 0) is 11.1 Å². The van der Waals surface area contributed by atoms with E-state index in [-0.39, 0.29) is 12.5 Å². The van der Waals surface area contributed by atoms with Gasteiger partial charge in [0.1, 0.15) is 6.17 Å². The Hall–Kier alpha value is -1.58. The molecule has 0 N–H and O–H groups in total. The van der Waals surface area contributed by atoms with Crippen molar-refractivity contribution in [1.29, 1.82) is 0 Å². The van der Waals surface area contributed by atoms with Crippen molar-refractivity contribution in [2.24, 2.45) is 11.0 Å². The molecule has 17 heavy (non-hydrogen) atoms. The van der Waals surface area contributed by atoms with Crippen molar-refractivity contribution in [2.75, 3.05) is 19.6 Å². The van der Waals surface area contributed by atoms with E-state index in [0.29, 0.717) is 13.1 Å². The smallest absolute Gasteiger partial charge is 0.117 e. The Morgan fingerprint density at radius 1 is 1.35 bits per heavy atom. The molecule has 4 nitrogen and oxygen atoms in total. The van der Waals surface area contributed by atoms with Crippen LogP contribution in [0.15, 0.2) is 35.4 Å². The molecule has 1 aromatic rings. The van der Waals surface area contributed by atoms with Crippen LogP contribution in [0.2, 0.25) is 0 Å². The van der Waals surface area contributed by atoms with Crippen LogP contribution >= 0.6 is 0 Å². The number of likely N-dealkylation sites (tertiary alicyclic amines) is 1. The van der Waals surface area contributed by atoms with Crippen LogP contribution in [0.5, 0.6) is 0 Å². The maximum absolute atomic E-state index is 13.6. The van der Waals surface area contributed by atoms with Crippen molar-refractivity contribution >= 4 is 0 Å². The highest BCUT2D eigenvalue weighted by molar-refractivity contribution is 5.14. The third-order valence-electron chi connectivity index (χ3n) is 3.07. The first-order valence-electron chi connectivity index (χ1n) is 5.71. The Morgan fingerprint density at radius 2 is 2.12 bits per heavy atom. The first kappa shape index (κ1) is 11.9. The molecule has 1 aromatic carbocycles. The molecular weight excluding hydrogens is 219 g/mol. The summed E-state index contributed by atoms with van der Waals surface area (Å²) in [6.07, 6.45) is -0.885. The van der Waals surface area contributed by atoms with Crippen molar-refractivity contribution in [3.8, 4) is 0 Å². The van der Waals surface area contributed by atoms with Crippen LogP contribution in [0.3, 0.4) is 0 Å². The van der Waals surface area contributed by atoms with Gasteiger partial charge in [-0.15, -0.1) is 0 Å². The Morgan fingerprint density at radius 3 is 2.82 bits per heavy atom. The largest absolute Gasteiger partial charge is 0.296 e. The second kappa shape index (κ2) is 5.66. The fraction of sp³-hybridized carbons (Fsp3) is 0.500. The predicted molar refractivity (Wildman–Crippen MR) is 64.1 cm³/mol. The van der Waals surface area contributed by atoms with Crippen molar-refractivity contribution in [2.45, 2.75) is 12.7 Å². The maximum Gasteiger partial charge on any atom is 0.117 e. The molecule has 2 atom stereocenters. The van der Waals surface area contributed by atoms with Crippen LogP contribution in [0.1, 0.15) is 5.56 Å². The average molecular weight is 234 g/mol. The second-order valence-corrected chi connectivity index (χ2v) is 4.37. The molecular formula is C12H15FN4. The number of azide groups is 1. The zero-order chi connectivity index (χ0) is 12.1. The zero-order valence-corrected chi connectivity index (χ0v) is 9.54. The molecule has 2 rings (SSSR count). The van der Waals surface area contributed by atoms with Gasteiger partial charge in [-0.3, -0.25) is 4.90 Å². The Balaban J connectivity index is 1.90. The summed E-state index contributed by atoms with van der Waals surface area (Å²) in [6.45, 7) is 2.10. The summed E-state index contributed by atoms with van der Waals surface area (Å²) in [6, 6.07) is 10.0. The number of alkyl halides is 1. The minimum atomic E-state index is -0.885. The van der Waals surface area contributed by atoms with E-state index in [9.17, 15) is 4.39 Å². The number of hydrogen-bond acceptors (Lipinski definition) is 2. The normalized spacial score (nSPS) is 24.5. The molecule has 1 saturated heterocycles. The molecule has 1 heterocycles. The van der Waals surface area contributed by atoms with Gasteiger partial charge in [-0.2, -0.15) is 0 Å². The molecule has 0 saturated carbocycles. The number of hydrogen-bond donors (Lipinski definition) is 0. The van der Waals surface area contributed by atoms with Gasteiger partial charge in [0, 0.05) is 37.0 Å². The number of benzene rings is 1. The van der Waals surface area contributed by atoms with Gasteiger partial charge in [0.25, 0.3) is 0 Å². The molecule has 0 spiro atoms. The topological polar surface area (TPSA) is 52.0 Å². The lowest BCUT2D eigenvalue weighted by Crippen LogP contribution is -2.20. The van der Waals surface area contributed by atoms with E-state index in [1.165, 1.54) is 5.56 Å². The maximum atomic E-state index is 13.6. The van der Waals surface area contributed by atoms with E-state index in [1.807, 2.05) is 30.3 Å². The minimum absolute atomic E-state index is 0.158. The van der Waals surface area contributed by atoms with Gasteiger partial charge >= 0.3 is 0 Å². The highest BCUT2D eigenvalue weighted by Crippen LogP contribution is 2.22. The van der Waals surface area contributed by atoms with E-state index < -0.39 is 6.17 Å². The molecule has 90 valence electrons. The molecule has 0 unspecified atom stereocenters. The minimum Gasteiger partial charge on any atom is -0.296 e. The summed E-state index contributed by atoms with van der Waals surface area (Å²) < 4.78 is 13.6. The van der Waals surface area contributed by atoms with Gasteiger partial charge in [-0.1, -0.05) is 35.4 Å². The van der Waals surface area contributed by atoms with Crippen molar-refractivity contribution in [1.82, 2.24) is 4.90 Å². The molecule has 0 amide bonds.